The summed E-state index contributed by atoms with van der Waals surface area (Å²) in [4.78, 5) is 35.1. The first-order chi connectivity index (χ1) is 13.0. The van der Waals surface area contributed by atoms with Gasteiger partial charge in [-0.05, 0) is 44.3 Å². The maximum absolute atomic E-state index is 13.2. The van der Waals surface area contributed by atoms with Gasteiger partial charge in [-0.3, -0.25) is 14.2 Å². The third kappa shape index (κ3) is 2.40. The quantitative estimate of drug-likeness (QED) is 0.520. The Morgan fingerprint density at radius 1 is 0.963 bits per heavy atom. The SMILES string of the molecule is Cc1ccc2c(c1)C(=O)c1nc3ccc(N4CCN(C)CC4)cc3c(=O)n1-2. The molecule has 27 heavy (non-hydrogen) atoms. The zero-order chi connectivity index (χ0) is 18.7. The molecule has 0 spiro atoms. The number of nitrogens with zero attached hydrogens (tertiary/aromatic N) is 4. The minimum Gasteiger partial charge on any atom is -0.369 e. The molecule has 1 fully saturated rings. The minimum absolute atomic E-state index is 0.179. The summed E-state index contributed by atoms with van der Waals surface area (Å²) in [5, 5.41) is 0.552. The molecule has 6 heteroatoms. The van der Waals surface area contributed by atoms with Gasteiger partial charge >= 0.3 is 0 Å². The molecule has 0 atom stereocenters. The maximum atomic E-state index is 13.2. The van der Waals surface area contributed by atoms with E-state index in [9.17, 15) is 9.59 Å². The Morgan fingerprint density at radius 3 is 2.52 bits per heavy atom. The molecule has 1 aromatic heterocycles. The van der Waals surface area contributed by atoms with Gasteiger partial charge in [-0.25, -0.2) is 4.98 Å². The molecule has 1 saturated heterocycles. The van der Waals surface area contributed by atoms with Crippen molar-refractivity contribution in [3.05, 3.63) is 63.7 Å². The van der Waals surface area contributed by atoms with Crippen LogP contribution in [-0.2, 0) is 0 Å². The van der Waals surface area contributed by atoms with Crippen LogP contribution >= 0.6 is 0 Å². The van der Waals surface area contributed by atoms with Crippen molar-refractivity contribution in [2.24, 2.45) is 0 Å². The van der Waals surface area contributed by atoms with Crippen LogP contribution in [0.5, 0.6) is 0 Å². The van der Waals surface area contributed by atoms with Gasteiger partial charge in [-0.1, -0.05) is 11.6 Å². The van der Waals surface area contributed by atoms with E-state index in [-0.39, 0.29) is 17.2 Å². The van der Waals surface area contributed by atoms with Crippen LogP contribution in [0.3, 0.4) is 0 Å². The van der Waals surface area contributed by atoms with Crippen LogP contribution < -0.4 is 10.5 Å². The molecule has 5 rings (SSSR count). The number of rotatable bonds is 1. The summed E-state index contributed by atoms with van der Waals surface area (Å²) in [7, 11) is 2.12. The second-order valence-electron chi connectivity index (χ2n) is 7.42. The Bertz CT molecular complexity index is 1160. The largest absolute Gasteiger partial charge is 0.369 e. The molecule has 0 amide bonds. The average Bonchev–Trinajstić information content (AvgIpc) is 2.94. The van der Waals surface area contributed by atoms with Crippen molar-refractivity contribution in [1.82, 2.24) is 14.5 Å². The van der Waals surface area contributed by atoms with Crippen LogP contribution in [0.1, 0.15) is 21.7 Å². The van der Waals surface area contributed by atoms with E-state index in [0.29, 0.717) is 22.2 Å². The van der Waals surface area contributed by atoms with E-state index < -0.39 is 0 Å². The Balaban J connectivity index is 1.68. The number of likely N-dealkylation sites (N-methyl/N-ethyl adjacent to an activating group) is 1. The molecule has 0 unspecified atom stereocenters. The second kappa shape index (κ2) is 5.76. The third-order valence-electron chi connectivity index (χ3n) is 5.56. The van der Waals surface area contributed by atoms with Crippen molar-refractivity contribution in [3.63, 3.8) is 0 Å². The molecular weight excluding hydrogens is 340 g/mol. The number of fused-ring (bicyclic) bond motifs is 4. The lowest BCUT2D eigenvalue weighted by Gasteiger charge is -2.34. The highest BCUT2D eigenvalue weighted by molar-refractivity contribution is 6.13. The first kappa shape index (κ1) is 16.2. The van der Waals surface area contributed by atoms with Crippen molar-refractivity contribution >= 4 is 22.4 Å². The lowest BCUT2D eigenvalue weighted by atomic mass is 10.1. The first-order valence-corrected chi connectivity index (χ1v) is 9.19. The molecule has 2 aliphatic rings. The summed E-state index contributed by atoms with van der Waals surface area (Å²) in [5.41, 5.74) is 3.59. The maximum Gasteiger partial charge on any atom is 0.266 e. The van der Waals surface area contributed by atoms with E-state index in [1.165, 1.54) is 4.57 Å². The van der Waals surface area contributed by atoms with Gasteiger partial charge in [-0.15, -0.1) is 0 Å². The highest BCUT2D eigenvalue weighted by Crippen LogP contribution is 2.28. The lowest BCUT2D eigenvalue weighted by Crippen LogP contribution is -2.44. The van der Waals surface area contributed by atoms with Gasteiger partial charge in [0, 0.05) is 31.9 Å². The zero-order valence-electron chi connectivity index (χ0n) is 15.4. The van der Waals surface area contributed by atoms with Gasteiger partial charge in [0.05, 0.1) is 22.2 Å². The van der Waals surface area contributed by atoms with Crippen LogP contribution in [0.4, 0.5) is 5.69 Å². The van der Waals surface area contributed by atoms with Crippen molar-refractivity contribution in [2.75, 3.05) is 38.1 Å². The Kier molecular flexibility index (Phi) is 3.45. The van der Waals surface area contributed by atoms with Crippen LogP contribution in [-0.4, -0.2) is 53.5 Å². The number of anilines is 1. The van der Waals surface area contributed by atoms with Gasteiger partial charge in [0.25, 0.3) is 5.56 Å². The van der Waals surface area contributed by atoms with Gasteiger partial charge in [0.1, 0.15) is 0 Å². The van der Waals surface area contributed by atoms with Crippen LogP contribution in [0.2, 0.25) is 0 Å². The Labute approximate surface area is 156 Å². The fraction of sp³-hybridized carbons (Fsp3) is 0.286. The van der Waals surface area contributed by atoms with E-state index in [2.05, 4.69) is 21.8 Å². The smallest absolute Gasteiger partial charge is 0.266 e. The topological polar surface area (TPSA) is 58.4 Å². The number of carbonyl (C=O) groups excluding carboxylic acids is 1. The number of hydrogen-bond donors (Lipinski definition) is 0. The fourth-order valence-electron chi connectivity index (χ4n) is 3.96. The highest BCUT2D eigenvalue weighted by atomic mass is 16.1. The number of piperazine rings is 1. The average molecular weight is 360 g/mol. The molecule has 0 aliphatic carbocycles. The fourth-order valence-corrected chi connectivity index (χ4v) is 3.96. The van der Waals surface area contributed by atoms with Crippen LogP contribution in [0.25, 0.3) is 16.6 Å². The third-order valence-corrected chi connectivity index (χ3v) is 5.56. The molecule has 3 aromatic rings. The number of ketones is 1. The van der Waals surface area contributed by atoms with Gasteiger partial charge < -0.3 is 9.80 Å². The summed E-state index contributed by atoms with van der Waals surface area (Å²) in [6, 6.07) is 11.3. The molecule has 3 heterocycles. The van der Waals surface area contributed by atoms with Crippen molar-refractivity contribution in [2.45, 2.75) is 6.92 Å². The van der Waals surface area contributed by atoms with Crippen LogP contribution in [0.15, 0.2) is 41.2 Å². The first-order valence-electron chi connectivity index (χ1n) is 9.19. The number of aromatic nitrogens is 2. The Hall–Kier alpha value is -2.99. The normalized spacial score (nSPS) is 16.7. The molecule has 0 radical (unpaired) electrons. The van der Waals surface area contributed by atoms with E-state index in [1.54, 1.807) is 0 Å². The van der Waals surface area contributed by atoms with Crippen LogP contribution in [0, 0.1) is 6.92 Å². The van der Waals surface area contributed by atoms with Crippen molar-refractivity contribution in [1.29, 1.82) is 0 Å². The summed E-state index contributed by atoms with van der Waals surface area (Å²) < 4.78 is 1.47. The van der Waals surface area contributed by atoms with E-state index >= 15 is 0 Å². The number of aryl methyl sites for hydroxylation is 1. The van der Waals surface area contributed by atoms with Crippen molar-refractivity contribution < 1.29 is 4.79 Å². The van der Waals surface area contributed by atoms with Gasteiger partial charge in [0.2, 0.25) is 5.78 Å². The molecule has 2 aliphatic heterocycles. The molecule has 136 valence electrons. The van der Waals surface area contributed by atoms with E-state index in [1.807, 2.05) is 43.3 Å². The molecule has 0 saturated carbocycles. The summed E-state index contributed by atoms with van der Waals surface area (Å²) >= 11 is 0. The summed E-state index contributed by atoms with van der Waals surface area (Å²) in [6.45, 7) is 5.80. The van der Waals surface area contributed by atoms with Crippen molar-refractivity contribution in [3.8, 4) is 5.69 Å². The second-order valence-corrected chi connectivity index (χ2v) is 7.42. The molecule has 0 bridgehead atoms. The van der Waals surface area contributed by atoms with E-state index in [4.69, 9.17) is 0 Å². The number of carbonyl (C=O) groups is 1. The minimum atomic E-state index is -0.184. The molecule has 2 aromatic carbocycles. The zero-order valence-corrected chi connectivity index (χ0v) is 15.4. The molecule has 6 nitrogen and oxygen atoms in total. The molecule has 0 N–H and O–H groups in total. The highest BCUT2D eigenvalue weighted by Gasteiger charge is 2.30. The monoisotopic (exact) mass is 360 g/mol. The summed E-state index contributed by atoms with van der Waals surface area (Å²) in [6.07, 6.45) is 0. The van der Waals surface area contributed by atoms with E-state index in [0.717, 1.165) is 37.4 Å². The summed E-state index contributed by atoms with van der Waals surface area (Å²) in [5.74, 6) is 0.0243. The Morgan fingerprint density at radius 2 is 1.74 bits per heavy atom. The predicted octanol–water partition coefficient (Wildman–Crippen LogP) is 1.99. The number of hydrogen-bond acceptors (Lipinski definition) is 5. The standard InChI is InChI=1S/C21H20N4O2/c1-13-3-6-18-16(11-13)19(26)20-22-17-5-4-14(12-15(17)21(27)25(18)20)24-9-7-23(2)8-10-24/h3-6,11-12H,7-10H2,1-2H3. The number of benzene rings is 2. The molecular formula is C21H20N4O2. The predicted molar refractivity (Wildman–Crippen MR) is 105 cm³/mol. The van der Waals surface area contributed by atoms with Gasteiger partial charge in [-0.2, -0.15) is 0 Å². The van der Waals surface area contributed by atoms with Gasteiger partial charge in [0.15, 0.2) is 5.82 Å². The lowest BCUT2D eigenvalue weighted by molar-refractivity contribution is 0.103.